The quantitative estimate of drug-likeness (QED) is 0.928. The van der Waals surface area contributed by atoms with Gasteiger partial charge in [-0.2, -0.15) is 18.3 Å². The second-order valence-corrected chi connectivity index (χ2v) is 4.93. The molecule has 0 aliphatic carbocycles. The van der Waals surface area contributed by atoms with Crippen molar-refractivity contribution in [2.75, 3.05) is 5.32 Å². The molecule has 0 bridgehead atoms. The number of hydrogen-bond donors (Lipinski definition) is 1. The summed E-state index contributed by atoms with van der Waals surface area (Å²) in [6, 6.07) is 3.40. The fourth-order valence-corrected chi connectivity index (χ4v) is 2.11. The van der Waals surface area contributed by atoms with E-state index in [0.717, 1.165) is 23.4 Å². The monoisotopic (exact) mass is 303 g/mol. The lowest BCUT2D eigenvalue weighted by molar-refractivity contribution is -0.137. The van der Waals surface area contributed by atoms with E-state index in [4.69, 9.17) is 11.6 Å². The van der Waals surface area contributed by atoms with Gasteiger partial charge in [-0.1, -0.05) is 11.6 Å². The summed E-state index contributed by atoms with van der Waals surface area (Å²) < 4.78 is 39.7. The highest BCUT2D eigenvalue weighted by molar-refractivity contribution is 6.30. The van der Waals surface area contributed by atoms with Crippen LogP contribution in [0.25, 0.3) is 0 Å². The van der Waals surface area contributed by atoms with Gasteiger partial charge in [0.15, 0.2) is 0 Å². The van der Waals surface area contributed by atoms with Crippen molar-refractivity contribution in [2.24, 2.45) is 7.05 Å². The van der Waals surface area contributed by atoms with Gasteiger partial charge in [0.1, 0.15) is 0 Å². The topological polar surface area (TPSA) is 29.9 Å². The van der Waals surface area contributed by atoms with Crippen LogP contribution in [0, 0.1) is 6.92 Å². The van der Waals surface area contributed by atoms with E-state index >= 15 is 0 Å². The minimum atomic E-state index is -4.41. The van der Waals surface area contributed by atoms with Gasteiger partial charge in [-0.05, 0) is 25.1 Å². The molecule has 0 fully saturated rings. The van der Waals surface area contributed by atoms with Gasteiger partial charge in [-0.25, -0.2) is 0 Å². The van der Waals surface area contributed by atoms with Crippen LogP contribution >= 0.6 is 11.6 Å². The van der Waals surface area contributed by atoms with E-state index < -0.39 is 11.7 Å². The molecule has 20 heavy (non-hydrogen) atoms. The van der Waals surface area contributed by atoms with Crippen LogP contribution in [-0.2, 0) is 19.8 Å². The summed E-state index contributed by atoms with van der Waals surface area (Å²) >= 11 is 5.72. The van der Waals surface area contributed by atoms with Crippen LogP contribution in [0.4, 0.5) is 18.9 Å². The first kappa shape index (κ1) is 14.7. The Bertz CT molecular complexity index is 620. The third kappa shape index (κ3) is 3.45. The summed E-state index contributed by atoms with van der Waals surface area (Å²) in [5, 5.41) is 7.15. The van der Waals surface area contributed by atoms with Crippen LogP contribution in [0.3, 0.4) is 0 Å². The molecule has 0 atom stereocenters. The highest BCUT2D eigenvalue weighted by Crippen LogP contribution is 2.33. The van der Waals surface area contributed by atoms with E-state index in [1.54, 1.807) is 11.7 Å². The van der Waals surface area contributed by atoms with Crippen LogP contribution in [0.15, 0.2) is 24.4 Å². The fourth-order valence-electron chi connectivity index (χ4n) is 1.87. The molecule has 1 aromatic carbocycles. The van der Waals surface area contributed by atoms with E-state index in [1.165, 1.54) is 6.07 Å². The summed E-state index contributed by atoms with van der Waals surface area (Å²) in [7, 11) is 1.79. The number of alkyl halides is 3. The number of nitrogens with one attached hydrogen (secondary N) is 1. The Balaban J connectivity index is 2.18. The first-order valence-corrected chi connectivity index (χ1v) is 6.24. The molecule has 0 spiro atoms. The molecule has 108 valence electrons. The van der Waals surface area contributed by atoms with Gasteiger partial charge in [0.2, 0.25) is 0 Å². The van der Waals surface area contributed by atoms with E-state index in [0.29, 0.717) is 12.2 Å². The molecule has 0 radical (unpaired) electrons. The lowest BCUT2D eigenvalue weighted by atomic mass is 10.2. The normalized spacial score (nSPS) is 11.7. The zero-order chi connectivity index (χ0) is 14.9. The van der Waals surface area contributed by atoms with Gasteiger partial charge in [-0.3, -0.25) is 4.68 Å². The van der Waals surface area contributed by atoms with Crippen molar-refractivity contribution in [3.8, 4) is 0 Å². The minimum Gasteiger partial charge on any atom is -0.381 e. The van der Waals surface area contributed by atoms with Gasteiger partial charge in [-0.15, -0.1) is 0 Å². The molecule has 1 N–H and O–H groups in total. The van der Waals surface area contributed by atoms with Gasteiger partial charge in [0.05, 0.1) is 11.3 Å². The number of aromatic nitrogens is 2. The van der Waals surface area contributed by atoms with Crippen molar-refractivity contribution in [3.63, 3.8) is 0 Å². The van der Waals surface area contributed by atoms with Gasteiger partial charge in [0, 0.05) is 36.1 Å². The van der Waals surface area contributed by atoms with E-state index in [9.17, 15) is 13.2 Å². The smallest absolute Gasteiger partial charge is 0.381 e. The third-order valence-electron chi connectivity index (χ3n) is 2.82. The maximum atomic E-state index is 12.7. The zero-order valence-electron chi connectivity index (χ0n) is 10.9. The van der Waals surface area contributed by atoms with Gasteiger partial charge < -0.3 is 5.32 Å². The number of anilines is 1. The standard InChI is InChI=1S/C13H13ClF3N3/c1-8-9(7-20(2)19-8)6-18-12-4-10(13(15,16)17)3-11(14)5-12/h3-5,7,18H,6H2,1-2H3. The summed E-state index contributed by atoms with van der Waals surface area (Å²) in [5.74, 6) is 0. The van der Waals surface area contributed by atoms with E-state index in [1.807, 2.05) is 13.1 Å². The molecule has 1 heterocycles. The lowest BCUT2D eigenvalue weighted by Gasteiger charge is -2.11. The SMILES string of the molecule is Cc1nn(C)cc1CNc1cc(Cl)cc(C(F)(F)F)c1. The van der Waals surface area contributed by atoms with Crippen molar-refractivity contribution in [1.82, 2.24) is 9.78 Å². The number of aryl methyl sites for hydroxylation is 2. The molecule has 3 nitrogen and oxygen atoms in total. The van der Waals surface area contributed by atoms with Gasteiger partial charge >= 0.3 is 6.18 Å². The number of benzene rings is 1. The maximum absolute atomic E-state index is 12.7. The first-order valence-electron chi connectivity index (χ1n) is 5.86. The van der Waals surface area contributed by atoms with E-state index in [-0.39, 0.29) is 5.02 Å². The molecule has 0 aliphatic rings. The van der Waals surface area contributed by atoms with E-state index in [2.05, 4.69) is 10.4 Å². The molecule has 0 aliphatic heterocycles. The molecule has 0 unspecified atom stereocenters. The van der Waals surface area contributed by atoms with Crippen molar-refractivity contribution in [3.05, 3.63) is 46.2 Å². The first-order chi connectivity index (χ1) is 9.25. The number of nitrogens with zero attached hydrogens (tertiary/aromatic N) is 2. The van der Waals surface area contributed by atoms with Crippen LogP contribution in [-0.4, -0.2) is 9.78 Å². The largest absolute Gasteiger partial charge is 0.416 e. The predicted octanol–water partition coefficient (Wildman–Crippen LogP) is 4.01. The molecule has 2 rings (SSSR count). The Labute approximate surface area is 119 Å². The number of halogens is 4. The predicted molar refractivity (Wildman–Crippen MR) is 71.7 cm³/mol. The minimum absolute atomic E-state index is 0.0465. The number of hydrogen-bond acceptors (Lipinski definition) is 2. The van der Waals surface area contributed by atoms with Crippen LogP contribution in [0.5, 0.6) is 0 Å². The molecular weight excluding hydrogens is 291 g/mol. The van der Waals surface area contributed by atoms with Gasteiger partial charge in [0.25, 0.3) is 0 Å². The third-order valence-corrected chi connectivity index (χ3v) is 3.04. The lowest BCUT2D eigenvalue weighted by Crippen LogP contribution is -2.07. The maximum Gasteiger partial charge on any atom is 0.416 e. The summed E-state index contributed by atoms with van der Waals surface area (Å²) in [4.78, 5) is 0. The Hall–Kier alpha value is -1.69. The Morgan fingerprint density at radius 2 is 2.00 bits per heavy atom. The Morgan fingerprint density at radius 3 is 2.55 bits per heavy atom. The highest BCUT2D eigenvalue weighted by Gasteiger charge is 2.31. The molecular formula is C13H13ClF3N3. The molecule has 1 aromatic heterocycles. The molecule has 0 saturated carbocycles. The average Bonchev–Trinajstić information content (AvgIpc) is 2.63. The van der Waals surface area contributed by atoms with Crippen molar-refractivity contribution in [1.29, 1.82) is 0 Å². The second-order valence-electron chi connectivity index (χ2n) is 4.49. The zero-order valence-corrected chi connectivity index (χ0v) is 11.7. The summed E-state index contributed by atoms with van der Waals surface area (Å²) in [6.45, 7) is 2.23. The summed E-state index contributed by atoms with van der Waals surface area (Å²) in [5.41, 5.74) is 1.31. The molecule has 0 saturated heterocycles. The Kier molecular flexibility index (Phi) is 3.94. The van der Waals surface area contributed by atoms with Crippen LogP contribution < -0.4 is 5.32 Å². The van der Waals surface area contributed by atoms with Crippen molar-refractivity contribution < 1.29 is 13.2 Å². The van der Waals surface area contributed by atoms with Crippen LogP contribution in [0.1, 0.15) is 16.8 Å². The average molecular weight is 304 g/mol. The molecule has 0 amide bonds. The number of rotatable bonds is 3. The van der Waals surface area contributed by atoms with Crippen molar-refractivity contribution >= 4 is 17.3 Å². The highest BCUT2D eigenvalue weighted by atomic mass is 35.5. The van der Waals surface area contributed by atoms with Crippen molar-refractivity contribution in [2.45, 2.75) is 19.6 Å². The molecule has 2 aromatic rings. The second kappa shape index (κ2) is 5.36. The van der Waals surface area contributed by atoms with Crippen LogP contribution in [0.2, 0.25) is 5.02 Å². The fraction of sp³-hybridized carbons (Fsp3) is 0.308. The molecule has 7 heteroatoms. The Morgan fingerprint density at radius 1 is 1.30 bits per heavy atom. The summed E-state index contributed by atoms with van der Waals surface area (Å²) in [6.07, 6.45) is -2.59.